The molecule has 0 saturated heterocycles. The van der Waals surface area contributed by atoms with Crippen LogP contribution in [0, 0.1) is 6.92 Å². The van der Waals surface area contributed by atoms with E-state index in [1.165, 1.54) is 0 Å². The molecule has 0 aliphatic carbocycles. The van der Waals surface area contributed by atoms with Gasteiger partial charge in [-0.3, -0.25) is 4.79 Å². The first-order chi connectivity index (χ1) is 11.4. The number of rotatable bonds is 6. The molecule has 6 heteroatoms. The fourth-order valence-electron chi connectivity index (χ4n) is 2.30. The standard InChI is InChI=1S/C18H22N2O4/c1-5-13-7-6-8-14(9-13)19-15(21)10-23-18(22)16-12(4)20-24-17(16)11(2)3/h6-9,11H,5,10H2,1-4H3,(H,19,21). The van der Waals surface area contributed by atoms with Crippen LogP contribution < -0.4 is 5.32 Å². The Labute approximate surface area is 141 Å². The Morgan fingerprint density at radius 3 is 2.75 bits per heavy atom. The number of nitrogens with zero attached hydrogens (tertiary/aromatic N) is 1. The number of ether oxygens (including phenoxy) is 1. The minimum absolute atomic E-state index is 0.000592. The number of aryl methyl sites for hydroxylation is 2. The van der Waals surface area contributed by atoms with Gasteiger partial charge >= 0.3 is 5.97 Å². The second kappa shape index (κ2) is 7.77. The summed E-state index contributed by atoms with van der Waals surface area (Å²) in [6, 6.07) is 7.54. The van der Waals surface area contributed by atoms with Crippen LogP contribution in [-0.2, 0) is 16.0 Å². The molecule has 0 fully saturated rings. The summed E-state index contributed by atoms with van der Waals surface area (Å²) in [5.41, 5.74) is 2.55. The molecular weight excluding hydrogens is 308 g/mol. The van der Waals surface area contributed by atoms with Gasteiger partial charge in [-0.25, -0.2) is 4.79 Å². The van der Waals surface area contributed by atoms with Gasteiger partial charge in [0.15, 0.2) is 12.4 Å². The zero-order chi connectivity index (χ0) is 17.7. The third-order valence-corrected chi connectivity index (χ3v) is 3.57. The molecule has 0 aliphatic heterocycles. The van der Waals surface area contributed by atoms with E-state index in [9.17, 15) is 9.59 Å². The van der Waals surface area contributed by atoms with Gasteiger partial charge in [0.1, 0.15) is 5.56 Å². The number of amides is 1. The van der Waals surface area contributed by atoms with Crippen LogP contribution >= 0.6 is 0 Å². The maximum Gasteiger partial charge on any atom is 0.344 e. The molecule has 1 heterocycles. The molecule has 2 aromatic rings. The van der Waals surface area contributed by atoms with Crippen LogP contribution in [-0.4, -0.2) is 23.6 Å². The van der Waals surface area contributed by atoms with E-state index in [-0.39, 0.29) is 12.5 Å². The molecule has 0 unspecified atom stereocenters. The van der Waals surface area contributed by atoms with Crippen LogP contribution in [0.2, 0.25) is 0 Å². The van der Waals surface area contributed by atoms with Gasteiger partial charge in [-0.05, 0) is 31.0 Å². The Bertz CT molecular complexity index is 734. The number of anilines is 1. The van der Waals surface area contributed by atoms with E-state index < -0.39 is 11.9 Å². The molecule has 1 aromatic heterocycles. The predicted octanol–water partition coefficient (Wildman–Crippen LogP) is 3.46. The number of hydrogen-bond donors (Lipinski definition) is 1. The van der Waals surface area contributed by atoms with Crippen molar-refractivity contribution in [1.82, 2.24) is 5.16 Å². The number of esters is 1. The van der Waals surface area contributed by atoms with Gasteiger partial charge in [0, 0.05) is 11.6 Å². The topological polar surface area (TPSA) is 81.4 Å². The van der Waals surface area contributed by atoms with Gasteiger partial charge in [-0.15, -0.1) is 0 Å². The van der Waals surface area contributed by atoms with Crippen molar-refractivity contribution >= 4 is 17.6 Å². The van der Waals surface area contributed by atoms with E-state index in [1.54, 1.807) is 13.0 Å². The predicted molar refractivity (Wildman–Crippen MR) is 90.1 cm³/mol. The first kappa shape index (κ1) is 17.7. The Balaban J connectivity index is 1.96. The smallest absolute Gasteiger partial charge is 0.344 e. The second-order valence-corrected chi connectivity index (χ2v) is 5.84. The Morgan fingerprint density at radius 2 is 2.08 bits per heavy atom. The van der Waals surface area contributed by atoms with Crippen LogP contribution in [0.25, 0.3) is 0 Å². The molecule has 0 spiro atoms. The van der Waals surface area contributed by atoms with Crippen LogP contribution in [0.4, 0.5) is 5.69 Å². The molecule has 24 heavy (non-hydrogen) atoms. The van der Waals surface area contributed by atoms with Gasteiger partial charge in [-0.1, -0.05) is 38.1 Å². The van der Waals surface area contributed by atoms with E-state index in [2.05, 4.69) is 10.5 Å². The van der Waals surface area contributed by atoms with Crippen molar-refractivity contribution in [3.05, 3.63) is 46.8 Å². The van der Waals surface area contributed by atoms with Crippen molar-refractivity contribution in [2.24, 2.45) is 0 Å². The maximum atomic E-state index is 12.2. The summed E-state index contributed by atoms with van der Waals surface area (Å²) in [4.78, 5) is 24.2. The molecule has 2 rings (SSSR count). The summed E-state index contributed by atoms with van der Waals surface area (Å²) in [5, 5.41) is 6.51. The van der Waals surface area contributed by atoms with Crippen molar-refractivity contribution < 1.29 is 18.8 Å². The van der Waals surface area contributed by atoms with Crippen molar-refractivity contribution in [3.8, 4) is 0 Å². The lowest BCUT2D eigenvalue weighted by atomic mass is 10.1. The van der Waals surface area contributed by atoms with E-state index >= 15 is 0 Å². The average molecular weight is 330 g/mol. The van der Waals surface area contributed by atoms with Gasteiger partial charge in [0.25, 0.3) is 5.91 Å². The van der Waals surface area contributed by atoms with Gasteiger partial charge in [0.05, 0.1) is 5.69 Å². The van der Waals surface area contributed by atoms with E-state index in [4.69, 9.17) is 9.26 Å². The zero-order valence-corrected chi connectivity index (χ0v) is 14.4. The Kier molecular flexibility index (Phi) is 5.73. The number of benzene rings is 1. The van der Waals surface area contributed by atoms with Crippen LogP contribution in [0.1, 0.15) is 54.1 Å². The summed E-state index contributed by atoms with van der Waals surface area (Å²) in [6.45, 7) is 7.13. The van der Waals surface area contributed by atoms with Gasteiger partial charge in [-0.2, -0.15) is 0 Å². The van der Waals surface area contributed by atoms with Crippen molar-refractivity contribution in [3.63, 3.8) is 0 Å². The fourth-order valence-corrected chi connectivity index (χ4v) is 2.30. The van der Waals surface area contributed by atoms with Crippen molar-refractivity contribution in [2.45, 2.75) is 40.0 Å². The molecule has 0 saturated carbocycles. The normalized spacial score (nSPS) is 10.7. The molecule has 1 N–H and O–H groups in total. The third kappa shape index (κ3) is 4.22. The number of carbonyl (C=O) groups excluding carboxylic acids is 2. The number of nitrogens with one attached hydrogen (secondary N) is 1. The first-order valence-corrected chi connectivity index (χ1v) is 7.94. The number of hydrogen-bond acceptors (Lipinski definition) is 5. The molecule has 6 nitrogen and oxygen atoms in total. The molecule has 128 valence electrons. The highest BCUT2D eigenvalue weighted by atomic mass is 16.5. The third-order valence-electron chi connectivity index (χ3n) is 3.57. The molecule has 0 bridgehead atoms. The largest absolute Gasteiger partial charge is 0.452 e. The Morgan fingerprint density at radius 1 is 1.33 bits per heavy atom. The van der Waals surface area contributed by atoms with Crippen LogP contribution in [0.15, 0.2) is 28.8 Å². The Hall–Kier alpha value is -2.63. The van der Waals surface area contributed by atoms with Crippen molar-refractivity contribution in [1.29, 1.82) is 0 Å². The average Bonchev–Trinajstić information content (AvgIpc) is 2.94. The van der Waals surface area contributed by atoms with Crippen LogP contribution in [0.3, 0.4) is 0 Å². The molecule has 0 aliphatic rings. The highest BCUT2D eigenvalue weighted by Crippen LogP contribution is 2.23. The summed E-state index contributed by atoms with van der Waals surface area (Å²) in [6.07, 6.45) is 0.878. The molecule has 0 radical (unpaired) electrons. The molecule has 0 atom stereocenters. The molecular formula is C18H22N2O4. The number of carbonyl (C=O) groups is 2. The summed E-state index contributed by atoms with van der Waals surface area (Å²) in [5.74, 6) is -0.528. The monoisotopic (exact) mass is 330 g/mol. The van der Waals surface area contributed by atoms with Crippen LogP contribution in [0.5, 0.6) is 0 Å². The van der Waals surface area contributed by atoms with Crippen molar-refractivity contribution in [2.75, 3.05) is 11.9 Å². The fraction of sp³-hybridized carbons (Fsp3) is 0.389. The SMILES string of the molecule is CCc1cccc(NC(=O)COC(=O)c2c(C)noc2C(C)C)c1. The zero-order valence-electron chi connectivity index (χ0n) is 14.4. The summed E-state index contributed by atoms with van der Waals surface area (Å²) >= 11 is 0. The minimum atomic E-state index is -0.602. The van der Waals surface area contributed by atoms with E-state index in [0.29, 0.717) is 22.7 Å². The number of aromatic nitrogens is 1. The summed E-state index contributed by atoms with van der Waals surface area (Å²) in [7, 11) is 0. The highest BCUT2D eigenvalue weighted by Gasteiger charge is 2.24. The van der Waals surface area contributed by atoms with Gasteiger partial charge in [0.2, 0.25) is 0 Å². The first-order valence-electron chi connectivity index (χ1n) is 7.94. The van der Waals surface area contributed by atoms with E-state index in [1.807, 2.05) is 39.0 Å². The molecule has 1 amide bonds. The summed E-state index contributed by atoms with van der Waals surface area (Å²) < 4.78 is 10.3. The lowest BCUT2D eigenvalue weighted by Gasteiger charge is -2.08. The second-order valence-electron chi connectivity index (χ2n) is 5.84. The lowest BCUT2D eigenvalue weighted by molar-refractivity contribution is -0.119. The maximum absolute atomic E-state index is 12.2. The minimum Gasteiger partial charge on any atom is -0.452 e. The quantitative estimate of drug-likeness (QED) is 0.820. The lowest BCUT2D eigenvalue weighted by Crippen LogP contribution is -2.21. The highest BCUT2D eigenvalue weighted by molar-refractivity contribution is 5.96. The van der Waals surface area contributed by atoms with Gasteiger partial charge < -0.3 is 14.6 Å². The van der Waals surface area contributed by atoms with E-state index in [0.717, 1.165) is 12.0 Å². The molecule has 1 aromatic carbocycles.